The molecule has 0 fully saturated rings. The van der Waals surface area contributed by atoms with Gasteiger partial charge in [-0.3, -0.25) is 4.79 Å². The Morgan fingerprint density at radius 1 is 1.00 bits per heavy atom. The van der Waals surface area contributed by atoms with Crippen LogP contribution < -0.4 is 10.6 Å². The third-order valence-corrected chi connectivity index (χ3v) is 4.65. The second-order valence-electron chi connectivity index (χ2n) is 7.05. The lowest BCUT2D eigenvalue weighted by Gasteiger charge is -2.22. The minimum absolute atomic E-state index is 0.0331. The number of amides is 1. The number of aromatic amines is 1. The Hall–Kier alpha value is -2.59. The Morgan fingerprint density at radius 2 is 1.69 bits per heavy atom. The molecule has 1 amide bonds. The second-order valence-corrected chi connectivity index (χ2v) is 7.05. The highest BCUT2D eigenvalue weighted by molar-refractivity contribution is 5.84. The minimum atomic E-state index is -0.242. The number of nitrogens with one attached hydrogen (secondary N) is 3. The summed E-state index contributed by atoms with van der Waals surface area (Å²) < 4.78 is 0. The predicted molar refractivity (Wildman–Crippen MR) is 107 cm³/mol. The van der Waals surface area contributed by atoms with Crippen LogP contribution in [0.5, 0.6) is 0 Å². The van der Waals surface area contributed by atoms with Crippen LogP contribution in [0.3, 0.4) is 0 Å². The number of H-pyrrole nitrogens is 1. The fourth-order valence-corrected chi connectivity index (χ4v) is 3.27. The molecule has 1 aromatic heterocycles. The zero-order valence-electron chi connectivity index (χ0n) is 15.6. The van der Waals surface area contributed by atoms with Crippen LogP contribution in [0.25, 0.3) is 10.9 Å². The zero-order chi connectivity index (χ0) is 18.5. The fourth-order valence-electron chi connectivity index (χ4n) is 3.27. The average Bonchev–Trinajstić information content (AvgIpc) is 3.06. The maximum Gasteiger partial charge on any atom is 0.237 e. The van der Waals surface area contributed by atoms with Gasteiger partial charge >= 0.3 is 0 Å². The molecule has 4 heteroatoms. The Labute approximate surface area is 155 Å². The van der Waals surface area contributed by atoms with Gasteiger partial charge in [0, 0.05) is 35.6 Å². The maximum absolute atomic E-state index is 12.2. The van der Waals surface area contributed by atoms with E-state index in [-0.39, 0.29) is 23.9 Å². The van der Waals surface area contributed by atoms with Crippen LogP contribution in [0.4, 0.5) is 0 Å². The summed E-state index contributed by atoms with van der Waals surface area (Å²) in [5.74, 6) is 0.201. The van der Waals surface area contributed by atoms with Gasteiger partial charge in [-0.1, -0.05) is 48.5 Å². The van der Waals surface area contributed by atoms with Crippen LogP contribution in [-0.4, -0.2) is 29.5 Å². The van der Waals surface area contributed by atoms with Crippen molar-refractivity contribution in [3.8, 4) is 0 Å². The Morgan fingerprint density at radius 3 is 2.42 bits per heavy atom. The molecular formula is C22H27N3O. The van der Waals surface area contributed by atoms with Crippen LogP contribution in [0, 0.1) is 0 Å². The summed E-state index contributed by atoms with van der Waals surface area (Å²) in [5.41, 5.74) is 3.62. The van der Waals surface area contributed by atoms with E-state index < -0.39 is 0 Å². The van der Waals surface area contributed by atoms with E-state index in [1.165, 1.54) is 16.5 Å². The van der Waals surface area contributed by atoms with Gasteiger partial charge in [-0.2, -0.15) is 0 Å². The van der Waals surface area contributed by atoms with E-state index in [2.05, 4.69) is 64.3 Å². The first-order valence-corrected chi connectivity index (χ1v) is 9.21. The number of benzene rings is 2. The summed E-state index contributed by atoms with van der Waals surface area (Å²) >= 11 is 0. The highest BCUT2D eigenvalue weighted by Crippen LogP contribution is 2.30. The zero-order valence-corrected chi connectivity index (χ0v) is 15.6. The summed E-state index contributed by atoms with van der Waals surface area (Å²) in [6.45, 7) is 6.56. The third kappa shape index (κ3) is 4.14. The highest BCUT2D eigenvalue weighted by atomic mass is 16.2. The molecular weight excluding hydrogens is 322 g/mol. The van der Waals surface area contributed by atoms with Gasteiger partial charge in [0.15, 0.2) is 0 Å². The Bertz CT molecular complexity index is 854. The molecule has 0 radical (unpaired) electrons. The van der Waals surface area contributed by atoms with Crippen molar-refractivity contribution in [1.29, 1.82) is 0 Å². The van der Waals surface area contributed by atoms with Crippen LogP contribution in [0.2, 0.25) is 0 Å². The number of aromatic nitrogens is 1. The maximum atomic E-state index is 12.2. The molecule has 136 valence electrons. The topological polar surface area (TPSA) is 56.9 Å². The lowest BCUT2D eigenvalue weighted by atomic mass is 9.90. The molecule has 3 rings (SSSR count). The molecule has 26 heavy (non-hydrogen) atoms. The van der Waals surface area contributed by atoms with Crippen molar-refractivity contribution >= 4 is 16.8 Å². The summed E-state index contributed by atoms with van der Waals surface area (Å²) in [7, 11) is 0. The molecule has 2 atom stereocenters. The molecule has 0 aliphatic heterocycles. The second kappa shape index (κ2) is 8.19. The number of fused-ring (bicyclic) bond motifs is 1. The van der Waals surface area contributed by atoms with Crippen molar-refractivity contribution in [3.63, 3.8) is 0 Å². The number of hydrogen-bond donors (Lipinski definition) is 3. The van der Waals surface area contributed by atoms with Gasteiger partial charge in [-0.15, -0.1) is 0 Å². The smallest absolute Gasteiger partial charge is 0.237 e. The van der Waals surface area contributed by atoms with Crippen LogP contribution in [0.15, 0.2) is 60.8 Å². The Balaban J connectivity index is 1.84. The first-order valence-electron chi connectivity index (χ1n) is 9.21. The summed E-state index contributed by atoms with van der Waals surface area (Å²) in [6.07, 6.45) is 2.09. The monoisotopic (exact) mass is 349 g/mol. The minimum Gasteiger partial charge on any atom is -0.361 e. The number of carbonyl (C=O) groups excluding carboxylic acids is 1. The van der Waals surface area contributed by atoms with E-state index >= 15 is 0 Å². The van der Waals surface area contributed by atoms with Crippen molar-refractivity contribution in [3.05, 3.63) is 71.9 Å². The number of hydrogen-bond acceptors (Lipinski definition) is 2. The fraction of sp³-hybridized carbons (Fsp3) is 0.318. The molecule has 1 heterocycles. The molecule has 0 unspecified atom stereocenters. The van der Waals surface area contributed by atoms with E-state index in [9.17, 15) is 4.79 Å². The van der Waals surface area contributed by atoms with E-state index in [0.717, 1.165) is 5.52 Å². The van der Waals surface area contributed by atoms with Gasteiger partial charge in [-0.05, 0) is 38.0 Å². The summed E-state index contributed by atoms with van der Waals surface area (Å²) in [5, 5.41) is 7.60. The molecule has 3 aromatic rings. The van der Waals surface area contributed by atoms with Crippen LogP contribution >= 0.6 is 0 Å². The van der Waals surface area contributed by atoms with Crippen molar-refractivity contribution in [2.24, 2.45) is 0 Å². The SMILES string of the molecule is CC(C)NC(=O)[C@@H](C)NC[C@H](c1ccccc1)c1c[nH]c2ccccc12. The van der Waals surface area contributed by atoms with E-state index in [4.69, 9.17) is 0 Å². The lowest BCUT2D eigenvalue weighted by molar-refractivity contribution is -0.123. The lowest BCUT2D eigenvalue weighted by Crippen LogP contribution is -2.45. The van der Waals surface area contributed by atoms with Gasteiger partial charge in [0.25, 0.3) is 0 Å². The number of carbonyl (C=O) groups is 1. The molecule has 0 bridgehead atoms. The first kappa shape index (κ1) is 18.2. The number of para-hydroxylation sites is 1. The van der Waals surface area contributed by atoms with Gasteiger partial charge < -0.3 is 15.6 Å². The average molecular weight is 349 g/mol. The molecule has 0 aliphatic rings. The van der Waals surface area contributed by atoms with Crippen LogP contribution in [-0.2, 0) is 4.79 Å². The molecule has 0 spiro atoms. The molecule has 2 aromatic carbocycles. The van der Waals surface area contributed by atoms with Gasteiger partial charge in [-0.25, -0.2) is 0 Å². The molecule has 0 saturated carbocycles. The van der Waals surface area contributed by atoms with Crippen molar-refractivity contribution in [2.75, 3.05) is 6.54 Å². The van der Waals surface area contributed by atoms with Crippen LogP contribution in [0.1, 0.15) is 37.8 Å². The Kier molecular flexibility index (Phi) is 5.74. The quantitative estimate of drug-likeness (QED) is 0.608. The van der Waals surface area contributed by atoms with Crippen molar-refractivity contribution in [2.45, 2.75) is 38.8 Å². The van der Waals surface area contributed by atoms with Gasteiger partial charge in [0.1, 0.15) is 0 Å². The summed E-state index contributed by atoms with van der Waals surface area (Å²) in [4.78, 5) is 15.6. The molecule has 0 aliphatic carbocycles. The van der Waals surface area contributed by atoms with E-state index in [1.54, 1.807) is 0 Å². The third-order valence-electron chi connectivity index (χ3n) is 4.65. The predicted octanol–water partition coefficient (Wildman–Crippen LogP) is 3.80. The molecule has 3 N–H and O–H groups in total. The van der Waals surface area contributed by atoms with Gasteiger partial charge in [0.2, 0.25) is 5.91 Å². The normalized spacial score (nSPS) is 13.7. The van der Waals surface area contributed by atoms with E-state index in [1.807, 2.05) is 32.9 Å². The first-order chi connectivity index (χ1) is 12.6. The van der Waals surface area contributed by atoms with Crippen molar-refractivity contribution in [1.82, 2.24) is 15.6 Å². The summed E-state index contributed by atoms with van der Waals surface area (Å²) in [6, 6.07) is 18.7. The highest BCUT2D eigenvalue weighted by Gasteiger charge is 2.20. The van der Waals surface area contributed by atoms with E-state index in [0.29, 0.717) is 6.54 Å². The van der Waals surface area contributed by atoms with Gasteiger partial charge in [0.05, 0.1) is 6.04 Å². The standard InChI is InChI=1S/C22H27N3O/c1-15(2)25-22(26)16(3)23-13-19(17-9-5-4-6-10-17)20-14-24-21-12-8-7-11-18(20)21/h4-12,14-16,19,23-24H,13H2,1-3H3,(H,25,26)/t16-,19-/m1/s1. The largest absolute Gasteiger partial charge is 0.361 e. The van der Waals surface area contributed by atoms with Crippen molar-refractivity contribution < 1.29 is 4.79 Å². The molecule has 0 saturated heterocycles. The number of rotatable bonds is 7. The molecule has 4 nitrogen and oxygen atoms in total.